The van der Waals surface area contributed by atoms with E-state index in [0.717, 1.165) is 0 Å². The van der Waals surface area contributed by atoms with E-state index in [0.29, 0.717) is 0 Å². The minimum Gasteiger partial charge on any atom is -0.481 e. The lowest BCUT2D eigenvalue weighted by Crippen LogP contribution is -2.53. The summed E-state index contributed by atoms with van der Waals surface area (Å²) in [4.78, 5) is 69.3. The summed E-state index contributed by atoms with van der Waals surface area (Å²) in [5, 5.41) is 24.6. The second-order valence-electron chi connectivity index (χ2n) is 7.41. The van der Waals surface area contributed by atoms with Gasteiger partial charge in [0.05, 0.1) is 12.6 Å². The lowest BCUT2D eigenvalue weighted by molar-refractivity contribution is -0.142. The van der Waals surface area contributed by atoms with Gasteiger partial charge in [-0.25, -0.2) is 4.79 Å². The van der Waals surface area contributed by atoms with Gasteiger partial charge in [-0.05, 0) is 25.2 Å². The van der Waals surface area contributed by atoms with Crippen molar-refractivity contribution in [3.05, 3.63) is 0 Å². The number of carbonyl (C=O) groups excluding carboxylic acids is 4. The smallest absolute Gasteiger partial charge is 0.326 e. The third-order valence-corrected chi connectivity index (χ3v) is 4.08. The van der Waals surface area contributed by atoms with E-state index in [1.165, 1.54) is 0 Å². The molecule has 0 rings (SSSR count). The Morgan fingerprint density at radius 3 is 1.97 bits per heavy atom. The Morgan fingerprint density at radius 2 is 1.48 bits per heavy atom. The molecule has 0 fully saturated rings. The van der Waals surface area contributed by atoms with Crippen LogP contribution in [-0.2, 0) is 28.8 Å². The monoisotopic (exact) mass is 445 g/mol. The van der Waals surface area contributed by atoms with E-state index < -0.39 is 60.2 Å². The number of carboxylic acid groups (broad SMARTS) is 2. The first-order valence-corrected chi connectivity index (χ1v) is 9.69. The highest BCUT2D eigenvalue weighted by molar-refractivity contribution is 5.93. The molecule has 13 nitrogen and oxygen atoms in total. The topological polar surface area (TPSA) is 231 Å². The van der Waals surface area contributed by atoms with Crippen molar-refractivity contribution in [2.45, 2.75) is 64.1 Å². The summed E-state index contributed by atoms with van der Waals surface area (Å²) in [5.74, 6) is -5.44. The van der Waals surface area contributed by atoms with Crippen molar-refractivity contribution in [2.75, 3.05) is 6.54 Å². The summed E-state index contributed by atoms with van der Waals surface area (Å²) in [7, 11) is 0. The normalized spacial score (nSPS) is 13.5. The van der Waals surface area contributed by atoms with Crippen LogP contribution in [0.1, 0.15) is 46.0 Å². The van der Waals surface area contributed by atoms with Crippen LogP contribution >= 0.6 is 0 Å². The number of hydrogen-bond donors (Lipinski definition) is 7. The zero-order chi connectivity index (χ0) is 24.1. The maximum atomic E-state index is 12.4. The van der Waals surface area contributed by atoms with Gasteiger partial charge in [0, 0.05) is 12.8 Å². The van der Waals surface area contributed by atoms with Gasteiger partial charge in [0.1, 0.15) is 12.1 Å². The standard InChI is InChI=1S/C18H31N5O8/c1-9(2)7-12(18(30)31)22-14(25)8-21-17(29)11(4-5-13(20)24)23-16(28)10(19)3-6-15(26)27/h9-12H,3-8,19H2,1-2H3,(H2,20,24)(H,21,29)(H,22,25)(H,23,28)(H,26,27)(H,30,31). The van der Waals surface area contributed by atoms with Crippen LogP contribution in [0, 0.1) is 5.92 Å². The predicted octanol–water partition coefficient (Wildman–Crippen LogP) is -2.34. The number of amides is 4. The van der Waals surface area contributed by atoms with Gasteiger partial charge in [0.15, 0.2) is 0 Å². The third kappa shape index (κ3) is 12.8. The molecule has 3 unspecified atom stereocenters. The van der Waals surface area contributed by atoms with Crippen molar-refractivity contribution >= 4 is 35.6 Å². The first-order chi connectivity index (χ1) is 14.3. The third-order valence-electron chi connectivity index (χ3n) is 4.08. The second kappa shape index (κ2) is 13.9. The van der Waals surface area contributed by atoms with E-state index in [1.54, 1.807) is 13.8 Å². The van der Waals surface area contributed by atoms with E-state index in [-0.39, 0.29) is 38.0 Å². The first-order valence-electron chi connectivity index (χ1n) is 9.69. The molecule has 0 aliphatic rings. The van der Waals surface area contributed by atoms with Crippen molar-refractivity contribution in [1.29, 1.82) is 0 Å². The van der Waals surface area contributed by atoms with Crippen LogP contribution in [0.2, 0.25) is 0 Å². The number of hydrogen-bond acceptors (Lipinski definition) is 7. The molecule has 0 aromatic heterocycles. The van der Waals surface area contributed by atoms with Gasteiger partial charge in [-0.1, -0.05) is 13.8 Å². The van der Waals surface area contributed by atoms with Gasteiger partial charge >= 0.3 is 11.9 Å². The fraction of sp³-hybridized carbons (Fsp3) is 0.667. The molecular weight excluding hydrogens is 414 g/mol. The summed E-state index contributed by atoms with van der Waals surface area (Å²) >= 11 is 0. The van der Waals surface area contributed by atoms with Crippen molar-refractivity contribution in [1.82, 2.24) is 16.0 Å². The van der Waals surface area contributed by atoms with Crippen LogP contribution in [0.3, 0.4) is 0 Å². The lowest BCUT2D eigenvalue weighted by atomic mass is 10.0. The van der Waals surface area contributed by atoms with Crippen LogP contribution in [0.5, 0.6) is 0 Å². The molecule has 176 valence electrons. The Bertz CT molecular complexity index is 682. The molecule has 0 aromatic rings. The molecule has 3 atom stereocenters. The van der Waals surface area contributed by atoms with E-state index >= 15 is 0 Å². The van der Waals surface area contributed by atoms with Gasteiger partial charge in [0.25, 0.3) is 0 Å². The highest BCUT2D eigenvalue weighted by Gasteiger charge is 2.26. The van der Waals surface area contributed by atoms with Crippen LogP contribution in [-0.4, -0.2) is 70.5 Å². The molecule has 0 saturated heterocycles. The van der Waals surface area contributed by atoms with Crippen molar-refractivity contribution < 1.29 is 39.0 Å². The molecule has 4 amide bonds. The number of nitrogens with one attached hydrogen (secondary N) is 3. The summed E-state index contributed by atoms with van der Waals surface area (Å²) in [5.41, 5.74) is 10.7. The number of aliphatic carboxylic acids is 2. The average molecular weight is 445 g/mol. The summed E-state index contributed by atoms with van der Waals surface area (Å²) in [6, 6.07) is -3.58. The number of rotatable bonds is 15. The highest BCUT2D eigenvalue weighted by atomic mass is 16.4. The molecule has 9 N–H and O–H groups in total. The van der Waals surface area contributed by atoms with Crippen molar-refractivity contribution in [3.63, 3.8) is 0 Å². The van der Waals surface area contributed by atoms with Gasteiger partial charge < -0.3 is 37.6 Å². The fourth-order valence-electron chi connectivity index (χ4n) is 2.47. The minimum absolute atomic E-state index is 0.00900. The van der Waals surface area contributed by atoms with Crippen molar-refractivity contribution in [3.8, 4) is 0 Å². The van der Waals surface area contributed by atoms with Crippen LogP contribution < -0.4 is 27.4 Å². The summed E-state index contributed by atoms with van der Waals surface area (Å²) < 4.78 is 0. The van der Waals surface area contributed by atoms with E-state index in [1.807, 2.05) is 0 Å². The number of nitrogens with two attached hydrogens (primary N) is 2. The zero-order valence-corrected chi connectivity index (χ0v) is 17.6. The predicted molar refractivity (Wildman–Crippen MR) is 107 cm³/mol. The summed E-state index contributed by atoms with van der Waals surface area (Å²) in [6.45, 7) is 3.02. The second-order valence-corrected chi connectivity index (χ2v) is 7.41. The van der Waals surface area contributed by atoms with E-state index in [4.69, 9.17) is 21.7 Å². The molecular formula is C18H31N5O8. The van der Waals surface area contributed by atoms with Crippen LogP contribution in [0.15, 0.2) is 0 Å². The quantitative estimate of drug-likeness (QED) is 0.143. The molecule has 13 heteroatoms. The zero-order valence-electron chi connectivity index (χ0n) is 17.6. The maximum absolute atomic E-state index is 12.4. The van der Waals surface area contributed by atoms with Crippen LogP contribution in [0.4, 0.5) is 0 Å². The molecule has 0 bridgehead atoms. The highest BCUT2D eigenvalue weighted by Crippen LogP contribution is 2.05. The average Bonchev–Trinajstić information content (AvgIpc) is 2.65. The van der Waals surface area contributed by atoms with Crippen LogP contribution in [0.25, 0.3) is 0 Å². The first kappa shape index (κ1) is 27.8. The SMILES string of the molecule is CC(C)CC(NC(=O)CNC(=O)C(CCC(N)=O)NC(=O)C(N)CCC(=O)O)C(=O)O. The largest absolute Gasteiger partial charge is 0.481 e. The van der Waals surface area contributed by atoms with Crippen molar-refractivity contribution in [2.24, 2.45) is 17.4 Å². The summed E-state index contributed by atoms with van der Waals surface area (Å²) in [6.07, 6.45) is -0.746. The lowest BCUT2D eigenvalue weighted by Gasteiger charge is -2.21. The molecule has 0 radical (unpaired) electrons. The Hall–Kier alpha value is -3.22. The minimum atomic E-state index is -1.25. The molecule has 31 heavy (non-hydrogen) atoms. The Kier molecular flexibility index (Phi) is 12.5. The molecule has 0 aliphatic heterocycles. The molecule has 0 aromatic carbocycles. The fourth-order valence-corrected chi connectivity index (χ4v) is 2.47. The Morgan fingerprint density at radius 1 is 0.871 bits per heavy atom. The number of primary amides is 1. The van der Waals surface area contributed by atoms with E-state index in [9.17, 15) is 28.8 Å². The molecule has 0 heterocycles. The Labute approximate surface area is 179 Å². The number of carboxylic acids is 2. The molecule has 0 saturated carbocycles. The Balaban J connectivity index is 4.91. The van der Waals surface area contributed by atoms with Gasteiger partial charge in [0.2, 0.25) is 23.6 Å². The molecule has 0 spiro atoms. The molecule has 0 aliphatic carbocycles. The van der Waals surface area contributed by atoms with Gasteiger partial charge in [-0.3, -0.25) is 24.0 Å². The number of carbonyl (C=O) groups is 6. The van der Waals surface area contributed by atoms with E-state index in [2.05, 4.69) is 16.0 Å². The van der Waals surface area contributed by atoms with Gasteiger partial charge in [-0.2, -0.15) is 0 Å². The van der Waals surface area contributed by atoms with Gasteiger partial charge in [-0.15, -0.1) is 0 Å². The maximum Gasteiger partial charge on any atom is 0.326 e.